The molecule has 0 fully saturated rings. The zero-order chi connectivity index (χ0) is 27.1. The van der Waals surface area contributed by atoms with E-state index in [1.807, 2.05) is 66.7 Å². The van der Waals surface area contributed by atoms with Crippen molar-refractivity contribution in [1.29, 1.82) is 0 Å². The molecule has 0 radical (unpaired) electrons. The zero-order valence-electron chi connectivity index (χ0n) is 21.7. The van der Waals surface area contributed by atoms with Gasteiger partial charge in [0.25, 0.3) is 0 Å². The van der Waals surface area contributed by atoms with Crippen molar-refractivity contribution in [2.75, 3.05) is 0 Å². The van der Waals surface area contributed by atoms with Crippen LogP contribution in [0.5, 0.6) is 5.75 Å². The lowest BCUT2D eigenvalue weighted by molar-refractivity contribution is -0.152. The average Bonchev–Trinajstić information content (AvgIpc) is 3.19. The number of hydrogen-bond donors (Lipinski definition) is 2. The number of carboxylic acid groups (broad SMARTS) is 1. The van der Waals surface area contributed by atoms with E-state index in [-0.39, 0.29) is 12.3 Å². The molecule has 0 bridgehead atoms. The number of aromatic nitrogens is 3. The third-order valence-corrected chi connectivity index (χ3v) is 6.40. The fraction of sp³-hybridized carbons (Fsp3) is 0.300. The molecule has 0 amide bonds. The number of benzene rings is 3. The number of hydrogen-bond acceptors (Lipinski definition) is 5. The van der Waals surface area contributed by atoms with Crippen molar-refractivity contribution in [2.45, 2.75) is 58.4 Å². The van der Waals surface area contributed by atoms with Crippen molar-refractivity contribution >= 4 is 5.97 Å². The predicted octanol–water partition coefficient (Wildman–Crippen LogP) is 4.05. The van der Waals surface area contributed by atoms with Crippen LogP contribution in [0.2, 0.25) is 0 Å². The van der Waals surface area contributed by atoms with Gasteiger partial charge in [-0.1, -0.05) is 66.7 Å². The molecule has 2 N–H and O–H groups in total. The van der Waals surface area contributed by atoms with E-state index in [1.165, 1.54) is 18.5 Å². The molecule has 1 aromatic heterocycles. The predicted molar refractivity (Wildman–Crippen MR) is 144 cm³/mol. The minimum absolute atomic E-state index is 0.0229. The lowest BCUT2D eigenvalue weighted by Gasteiger charge is -2.21. The molecule has 0 saturated carbocycles. The first kappa shape index (κ1) is 26.9. The minimum atomic E-state index is -1.30. The second-order valence-electron chi connectivity index (χ2n) is 9.82. The molecule has 198 valence electrons. The van der Waals surface area contributed by atoms with E-state index in [9.17, 15) is 19.8 Å². The normalized spacial score (nSPS) is 11.4. The number of aryl methyl sites for hydroxylation is 2. The van der Waals surface area contributed by atoms with Crippen molar-refractivity contribution in [2.24, 2.45) is 0 Å². The van der Waals surface area contributed by atoms with E-state index in [0.717, 1.165) is 40.9 Å². The van der Waals surface area contributed by atoms with Crippen molar-refractivity contribution in [3.05, 3.63) is 117 Å². The largest absolute Gasteiger partial charge is 0.478 e. The van der Waals surface area contributed by atoms with E-state index in [1.54, 1.807) is 16.7 Å². The molecule has 8 nitrogen and oxygen atoms in total. The highest BCUT2D eigenvalue weighted by Crippen LogP contribution is 2.20. The monoisotopic (exact) mass is 515 g/mol. The SMILES string of the molecule is CC(C)(Oc1ccc(CCCc2nn(Cc3ccccc3)c(=O)n2Cc2ccc(CO)cc2)cc1)C(=O)O. The molecule has 0 unspecified atom stereocenters. The number of rotatable bonds is 12. The number of ether oxygens (including phenoxy) is 1. The molecule has 0 saturated heterocycles. The number of carbonyl (C=O) groups is 1. The first-order valence-corrected chi connectivity index (χ1v) is 12.7. The molecule has 38 heavy (non-hydrogen) atoms. The van der Waals surface area contributed by atoms with Crippen LogP contribution < -0.4 is 10.4 Å². The Kier molecular flexibility index (Phi) is 8.43. The summed E-state index contributed by atoms with van der Waals surface area (Å²) in [5.41, 5.74) is 2.42. The lowest BCUT2D eigenvalue weighted by atomic mass is 10.1. The van der Waals surface area contributed by atoms with Gasteiger partial charge in [-0.05, 0) is 61.1 Å². The highest BCUT2D eigenvalue weighted by molar-refractivity contribution is 5.76. The Morgan fingerprint density at radius 3 is 2.08 bits per heavy atom. The summed E-state index contributed by atoms with van der Waals surface area (Å²) < 4.78 is 8.82. The summed E-state index contributed by atoms with van der Waals surface area (Å²) in [5, 5.41) is 23.3. The number of aliphatic carboxylic acids is 1. The minimum Gasteiger partial charge on any atom is -0.478 e. The van der Waals surface area contributed by atoms with E-state index >= 15 is 0 Å². The van der Waals surface area contributed by atoms with Gasteiger partial charge >= 0.3 is 11.7 Å². The second kappa shape index (κ2) is 11.9. The molecular formula is C30H33N3O5. The second-order valence-corrected chi connectivity index (χ2v) is 9.82. The molecule has 0 aliphatic heterocycles. The van der Waals surface area contributed by atoms with Crippen LogP contribution >= 0.6 is 0 Å². The lowest BCUT2D eigenvalue weighted by Crippen LogP contribution is -2.37. The van der Waals surface area contributed by atoms with Gasteiger partial charge < -0.3 is 14.9 Å². The maximum Gasteiger partial charge on any atom is 0.347 e. The van der Waals surface area contributed by atoms with Gasteiger partial charge in [-0.3, -0.25) is 4.57 Å². The third-order valence-electron chi connectivity index (χ3n) is 6.40. The van der Waals surface area contributed by atoms with Crippen molar-refractivity contribution in [1.82, 2.24) is 14.3 Å². The molecule has 3 aromatic carbocycles. The van der Waals surface area contributed by atoms with Gasteiger partial charge in [-0.2, -0.15) is 5.10 Å². The first-order chi connectivity index (χ1) is 18.2. The quantitative estimate of drug-likeness (QED) is 0.295. The van der Waals surface area contributed by atoms with E-state index in [0.29, 0.717) is 25.3 Å². The third kappa shape index (κ3) is 6.77. The maximum atomic E-state index is 13.3. The number of aliphatic hydroxyl groups is 1. The Balaban J connectivity index is 1.48. The smallest absolute Gasteiger partial charge is 0.347 e. The Labute approximate surface area is 221 Å². The summed E-state index contributed by atoms with van der Waals surface area (Å²) in [6.45, 7) is 3.81. The molecule has 0 aliphatic carbocycles. The Morgan fingerprint density at radius 1 is 0.842 bits per heavy atom. The fourth-order valence-electron chi connectivity index (χ4n) is 4.13. The fourth-order valence-corrected chi connectivity index (χ4v) is 4.13. The summed E-state index contributed by atoms with van der Waals surface area (Å²) in [6, 6.07) is 24.8. The zero-order valence-corrected chi connectivity index (χ0v) is 21.7. The van der Waals surface area contributed by atoms with Crippen LogP contribution in [-0.2, 0) is 37.3 Å². The standard InChI is InChI=1S/C30H33N3O5/c1-30(2,28(35)36)38-26-17-15-22(16-18-26)9-6-10-27-31-33(20-23-7-4-3-5-8-23)29(37)32(27)19-24-11-13-25(21-34)14-12-24/h3-5,7-8,11-18,34H,6,9-10,19-21H2,1-2H3,(H,35,36). The van der Waals surface area contributed by atoms with Gasteiger partial charge in [0, 0.05) is 6.42 Å². The summed E-state index contributed by atoms with van der Waals surface area (Å²) in [4.78, 5) is 24.6. The molecule has 4 aromatic rings. The Bertz CT molecular complexity index is 1410. The van der Waals surface area contributed by atoms with Gasteiger partial charge in [0.05, 0.1) is 19.7 Å². The van der Waals surface area contributed by atoms with Crippen LogP contribution in [0.25, 0.3) is 0 Å². The van der Waals surface area contributed by atoms with Gasteiger partial charge in [0.1, 0.15) is 11.6 Å². The highest BCUT2D eigenvalue weighted by atomic mass is 16.5. The number of aliphatic hydroxyl groups excluding tert-OH is 1. The summed E-state index contributed by atoms with van der Waals surface area (Å²) in [6.07, 6.45) is 2.18. The van der Waals surface area contributed by atoms with E-state index < -0.39 is 11.6 Å². The average molecular weight is 516 g/mol. The van der Waals surface area contributed by atoms with Gasteiger partial charge in [-0.25, -0.2) is 14.3 Å². The molecule has 0 atom stereocenters. The van der Waals surface area contributed by atoms with Crippen molar-refractivity contribution in [3.8, 4) is 5.75 Å². The molecule has 1 heterocycles. The summed E-state index contributed by atoms with van der Waals surface area (Å²) in [5.74, 6) is 0.200. The Morgan fingerprint density at radius 2 is 1.45 bits per heavy atom. The Hall–Kier alpha value is -4.17. The van der Waals surface area contributed by atoms with Crippen LogP contribution in [0.15, 0.2) is 83.7 Å². The van der Waals surface area contributed by atoms with Crippen molar-refractivity contribution < 1.29 is 19.7 Å². The van der Waals surface area contributed by atoms with Crippen LogP contribution in [0.4, 0.5) is 0 Å². The molecule has 4 rings (SSSR count). The molecule has 8 heteroatoms. The van der Waals surface area contributed by atoms with Gasteiger partial charge in [0.15, 0.2) is 5.60 Å². The van der Waals surface area contributed by atoms with Gasteiger partial charge in [-0.15, -0.1) is 0 Å². The van der Waals surface area contributed by atoms with Crippen LogP contribution in [-0.4, -0.2) is 36.1 Å². The van der Waals surface area contributed by atoms with Crippen molar-refractivity contribution in [3.63, 3.8) is 0 Å². The molecular weight excluding hydrogens is 482 g/mol. The topological polar surface area (TPSA) is 107 Å². The van der Waals surface area contributed by atoms with Crippen LogP contribution in [0.1, 0.15) is 48.3 Å². The highest BCUT2D eigenvalue weighted by Gasteiger charge is 2.29. The summed E-state index contributed by atoms with van der Waals surface area (Å²) >= 11 is 0. The summed E-state index contributed by atoms with van der Waals surface area (Å²) in [7, 11) is 0. The van der Waals surface area contributed by atoms with E-state index in [2.05, 4.69) is 5.10 Å². The molecule has 0 aliphatic rings. The van der Waals surface area contributed by atoms with Crippen LogP contribution in [0.3, 0.4) is 0 Å². The van der Waals surface area contributed by atoms with E-state index in [4.69, 9.17) is 4.74 Å². The first-order valence-electron chi connectivity index (χ1n) is 12.7. The maximum absolute atomic E-state index is 13.3. The molecule has 0 spiro atoms. The van der Waals surface area contributed by atoms with Gasteiger partial charge in [0.2, 0.25) is 0 Å². The van der Waals surface area contributed by atoms with Crippen LogP contribution in [0, 0.1) is 0 Å². The number of carboxylic acids is 1. The number of nitrogens with zero attached hydrogens (tertiary/aromatic N) is 3.